The van der Waals surface area contributed by atoms with Crippen molar-refractivity contribution < 1.29 is 31.1 Å². The van der Waals surface area contributed by atoms with Gasteiger partial charge in [0.1, 0.15) is 0 Å². The molecule has 0 heterocycles. The van der Waals surface area contributed by atoms with Crippen LogP contribution in [0.1, 0.15) is 26.2 Å². The van der Waals surface area contributed by atoms with Crippen molar-refractivity contribution in [3.05, 3.63) is 55.6 Å². The van der Waals surface area contributed by atoms with Gasteiger partial charge in [0, 0.05) is 0 Å². The summed E-state index contributed by atoms with van der Waals surface area (Å²) in [5, 5.41) is 0. The van der Waals surface area contributed by atoms with Crippen molar-refractivity contribution in [3.8, 4) is 0 Å². The second-order valence-electron chi connectivity index (χ2n) is 4.93. The molecular formula is C17H27O7PS. The van der Waals surface area contributed by atoms with E-state index in [1.165, 1.54) is 24.3 Å². The smallest absolute Gasteiger partial charge is 0.302 e. The predicted molar refractivity (Wildman–Crippen MR) is 101 cm³/mol. The Kier molecular flexibility index (Phi) is 13.2. The number of benzene rings is 1. The van der Waals surface area contributed by atoms with Crippen molar-refractivity contribution in [2.45, 2.75) is 31.1 Å². The normalized spacial score (nSPS) is 13.2. The molecule has 0 aromatic heterocycles. The fourth-order valence-electron chi connectivity index (χ4n) is 1.51. The molecule has 1 unspecified atom stereocenters. The molecular weight excluding hydrogens is 379 g/mol. The third-order valence-electron chi connectivity index (χ3n) is 2.73. The Bertz CT molecular complexity index is 659. The molecule has 1 rings (SSSR count). The fourth-order valence-corrected chi connectivity index (χ4v) is 3.14. The number of phosphoric acid groups is 1. The molecule has 26 heavy (non-hydrogen) atoms. The average molecular weight is 406 g/mol. The first-order valence-electron chi connectivity index (χ1n) is 8.07. The zero-order valence-electron chi connectivity index (χ0n) is 15.0. The Labute approximate surface area is 156 Å². The van der Waals surface area contributed by atoms with Crippen LogP contribution in [0.4, 0.5) is 0 Å². The summed E-state index contributed by atoms with van der Waals surface area (Å²) >= 11 is 0. The second kappa shape index (κ2) is 13.9. The molecule has 0 spiro atoms. The standard InChI is InChI=1S/C9H10O3S.C8H17O4P/c1-2-8-12-13(10,11)9-6-4-3-5-7-9;1-3-5-6-8-12-13(9,10)11-7-4-2/h2-7H,1,8H2;4H,2-3,5-8H2,1H3,(H,9,10). The van der Waals surface area contributed by atoms with Crippen LogP contribution in [0, 0.1) is 0 Å². The van der Waals surface area contributed by atoms with E-state index in [9.17, 15) is 13.0 Å². The molecule has 0 saturated carbocycles. The average Bonchev–Trinajstić information content (AvgIpc) is 2.63. The van der Waals surface area contributed by atoms with E-state index >= 15 is 0 Å². The summed E-state index contributed by atoms with van der Waals surface area (Å²) in [5.74, 6) is 0. The zero-order chi connectivity index (χ0) is 19.9. The van der Waals surface area contributed by atoms with Crippen molar-refractivity contribution in [1.29, 1.82) is 0 Å². The van der Waals surface area contributed by atoms with Crippen LogP contribution in [0.15, 0.2) is 60.5 Å². The number of rotatable bonds is 12. The summed E-state index contributed by atoms with van der Waals surface area (Å²) in [6.45, 7) is 9.07. The summed E-state index contributed by atoms with van der Waals surface area (Å²) in [6, 6.07) is 8.00. The van der Waals surface area contributed by atoms with Crippen molar-refractivity contribution >= 4 is 17.9 Å². The van der Waals surface area contributed by atoms with Gasteiger partial charge < -0.3 is 4.89 Å². The first-order valence-corrected chi connectivity index (χ1v) is 11.0. The quantitative estimate of drug-likeness (QED) is 0.242. The summed E-state index contributed by atoms with van der Waals surface area (Å²) in [6.07, 6.45) is 5.60. The minimum atomic E-state index is -3.82. The van der Waals surface area contributed by atoms with E-state index in [1.807, 2.05) is 6.92 Å². The molecule has 0 aliphatic carbocycles. The molecule has 148 valence electrons. The van der Waals surface area contributed by atoms with Gasteiger partial charge in [0.2, 0.25) is 0 Å². The first kappa shape index (κ1) is 24.7. The second-order valence-corrected chi connectivity index (χ2v) is 8.00. The fraction of sp³-hybridized carbons (Fsp3) is 0.412. The molecule has 0 amide bonds. The minimum Gasteiger partial charge on any atom is -0.302 e. The Hall–Kier alpha value is -1.28. The van der Waals surface area contributed by atoms with Crippen molar-refractivity contribution in [2.75, 3.05) is 19.8 Å². The van der Waals surface area contributed by atoms with E-state index in [4.69, 9.17) is 4.89 Å². The Morgan fingerprint density at radius 1 is 1.08 bits per heavy atom. The summed E-state index contributed by atoms with van der Waals surface area (Å²) in [7, 11) is -7.41. The van der Waals surface area contributed by atoms with Gasteiger partial charge in [-0.2, -0.15) is 8.42 Å². The largest absolute Gasteiger partial charge is 0.472 e. The molecule has 0 aliphatic heterocycles. The van der Waals surface area contributed by atoms with E-state index in [0.29, 0.717) is 0 Å². The lowest BCUT2D eigenvalue weighted by atomic mass is 10.3. The number of hydrogen-bond donors (Lipinski definition) is 1. The summed E-state index contributed by atoms with van der Waals surface area (Å²) < 4.78 is 47.5. The Morgan fingerprint density at radius 3 is 2.23 bits per heavy atom. The maximum Gasteiger partial charge on any atom is 0.472 e. The third-order valence-corrected chi connectivity index (χ3v) is 5.01. The highest BCUT2D eigenvalue weighted by Crippen LogP contribution is 2.43. The van der Waals surface area contributed by atoms with Gasteiger partial charge in [-0.1, -0.05) is 50.1 Å². The van der Waals surface area contributed by atoms with Gasteiger partial charge >= 0.3 is 7.82 Å². The summed E-state index contributed by atoms with van der Waals surface area (Å²) in [5.41, 5.74) is 0. The summed E-state index contributed by atoms with van der Waals surface area (Å²) in [4.78, 5) is 9.17. The minimum absolute atomic E-state index is 0.00275. The predicted octanol–water partition coefficient (Wildman–Crippen LogP) is 4.07. The zero-order valence-corrected chi connectivity index (χ0v) is 16.7. The lowest BCUT2D eigenvalue weighted by Gasteiger charge is -2.10. The van der Waals surface area contributed by atoms with Gasteiger partial charge in [0.05, 0.1) is 24.7 Å². The van der Waals surface area contributed by atoms with E-state index in [1.54, 1.807) is 18.2 Å². The molecule has 1 aromatic rings. The molecule has 1 atom stereocenters. The Morgan fingerprint density at radius 2 is 1.69 bits per heavy atom. The van der Waals surface area contributed by atoms with Crippen molar-refractivity contribution in [3.63, 3.8) is 0 Å². The van der Waals surface area contributed by atoms with E-state index < -0.39 is 17.9 Å². The topological polar surface area (TPSA) is 99.1 Å². The van der Waals surface area contributed by atoms with E-state index in [2.05, 4.69) is 26.4 Å². The highest BCUT2D eigenvalue weighted by Gasteiger charge is 2.19. The van der Waals surface area contributed by atoms with Crippen LogP contribution in [-0.2, 0) is 27.9 Å². The van der Waals surface area contributed by atoms with Gasteiger partial charge in [-0.25, -0.2) is 4.57 Å². The van der Waals surface area contributed by atoms with E-state index in [-0.39, 0.29) is 24.7 Å². The molecule has 1 aromatic carbocycles. The highest BCUT2D eigenvalue weighted by molar-refractivity contribution is 7.86. The number of unbranched alkanes of at least 4 members (excludes halogenated alkanes) is 2. The third kappa shape index (κ3) is 12.1. The van der Waals surface area contributed by atoms with Crippen LogP contribution in [0.25, 0.3) is 0 Å². The van der Waals surface area contributed by atoms with Crippen LogP contribution in [-0.4, -0.2) is 33.1 Å². The lowest BCUT2D eigenvalue weighted by Crippen LogP contribution is -2.05. The van der Waals surface area contributed by atoms with E-state index in [0.717, 1.165) is 19.3 Å². The van der Waals surface area contributed by atoms with Crippen LogP contribution >= 0.6 is 7.82 Å². The van der Waals surface area contributed by atoms with Gasteiger partial charge in [0.15, 0.2) is 0 Å². The van der Waals surface area contributed by atoms with Gasteiger partial charge in [-0.05, 0) is 18.6 Å². The maximum atomic E-state index is 11.3. The molecule has 9 heteroatoms. The molecule has 0 radical (unpaired) electrons. The number of phosphoric ester groups is 1. The number of hydrogen-bond acceptors (Lipinski definition) is 6. The Balaban J connectivity index is 0.000000481. The van der Waals surface area contributed by atoms with Gasteiger partial charge in [0.25, 0.3) is 10.1 Å². The SMILES string of the molecule is C=CCOP(=O)(O)OCCCCC.C=CCOS(=O)(=O)c1ccccc1. The van der Waals surface area contributed by atoms with Crippen molar-refractivity contribution in [2.24, 2.45) is 0 Å². The highest BCUT2D eigenvalue weighted by atomic mass is 32.2. The maximum absolute atomic E-state index is 11.3. The molecule has 0 fully saturated rings. The van der Waals surface area contributed by atoms with Gasteiger partial charge in [-0.3, -0.25) is 13.2 Å². The van der Waals surface area contributed by atoms with Crippen LogP contribution < -0.4 is 0 Å². The molecule has 0 aliphatic rings. The van der Waals surface area contributed by atoms with Crippen molar-refractivity contribution in [1.82, 2.24) is 0 Å². The molecule has 0 bridgehead atoms. The first-order chi connectivity index (χ1) is 12.3. The van der Waals surface area contributed by atoms with Gasteiger partial charge in [-0.15, -0.1) is 13.2 Å². The molecule has 7 nitrogen and oxygen atoms in total. The van der Waals surface area contributed by atoms with Crippen LogP contribution in [0.2, 0.25) is 0 Å². The molecule has 1 N–H and O–H groups in total. The molecule has 0 saturated heterocycles. The monoisotopic (exact) mass is 406 g/mol. The lowest BCUT2D eigenvalue weighted by molar-refractivity contribution is 0.158. The van der Waals surface area contributed by atoms with Crippen LogP contribution in [0.3, 0.4) is 0 Å². The van der Waals surface area contributed by atoms with Crippen LogP contribution in [0.5, 0.6) is 0 Å².